The van der Waals surface area contributed by atoms with Crippen LogP contribution in [0.2, 0.25) is 0 Å². The molecule has 0 aromatic rings. The van der Waals surface area contributed by atoms with Gasteiger partial charge in [0.15, 0.2) is 6.10 Å². The molecule has 400 valence electrons. The van der Waals surface area contributed by atoms with Crippen molar-refractivity contribution in [3.63, 3.8) is 0 Å². The Labute approximate surface area is 428 Å². The Balaban J connectivity index is 4.42. The minimum Gasteiger partial charge on any atom is -0.462 e. The van der Waals surface area contributed by atoms with Gasteiger partial charge in [0.2, 0.25) is 0 Å². The van der Waals surface area contributed by atoms with E-state index in [1.54, 1.807) is 0 Å². The molecule has 0 amide bonds. The molecule has 6 nitrogen and oxygen atoms in total. The Bertz CT molecular complexity index is 1250. The first-order valence-electron chi connectivity index (χ1n) is 29.8. The van der Waals surface area contributed by atoms with Crippen molar-refractivity contribution in [2.45, 2.75) is 309 Å². The number of hydrogen-bond acceptors (Lipinski definition) is 6. The van der Waals surface area contributed by atoms with E-state index in [4.69, 9.17) is 14.2 Å². The molecular weight excluding hydrogens is 853 g/mol. The highest BCUT2D eigenvalue weighted by Gasteiger charge is 2.19. The van der Waals surface area contributed by atoms with E-state index >= 15 is 0 Å². The molecule has 0 aromatic heterocycles. The van der Waals surface area contributed by atoms with Crippen LogP contribution in [-0.2, 0) is 28.6 Å². The normalized spacial score (nSPS) is 12.4. The molecule has 0 N–H and O–H groups in total. The van der Waals surface area contributed by atoms with Crippen molar-refractivity contribution in [2.75, 3.05) is 13.2 Å². The zero-order valence-corrected chi connectivity index (χ0v) is 45.8. The summed E-state index contributed by atoms with van der Waals surface area (Å²) in [5, 5.41) is 0. The molecule has 69 heavy (non-hydrogen) atoms. The van der Waals surface area contributed by atoms with E-state index in [2.05, 4.69) is 81.5 Å². The molecule has 1 atom stereocenters. The fourth-order valence-corrected chi connectivity index (χ4v) is 8.48. The van der Waals surface area contributed by atoms with Gasteiger partial charge in [-0.05, 0) is 89.9 Å². The van der Waals surface area contributed by atoms with Crippen molar-refractivity contribution in [2.24, 2.45) is 0 Å². The Hall–Kier alpha value is -2.89. The Kier molecular flexibility index (Phi) is 55.3. The second kappa shape index (κ2) is 57.7. The average molecular weight is 966 g/mol. The second-order valence-corrected chi connectivity index (χ2v) is 19.9. The molecule has 0 aliphatic rings. The molecule has 0 saturated heterocycles. The smallest absolute Gasteiger partial charge is 0.306 e. The van der Waals surface area contributed by atoms with Crippen LogP contribution >= 0.6 is 0 Å². The molecule has 0 aliphatic heterocycles. The first-order valence-corrected chi connectivity index (χ1v) is 29.8. The zero-order chi connectivity index (χ0) is 50.0. The second-order valence-electron chi connectivity index (χ2n) is 19.9. The maximum Gasteiger partial charge on any atom is 0.306 e. The van der Waals surface area contributed by atoms with Gasteiger partial charge >= 0.3 is 17.9 Å². The lowest BCUT2D eigenvalue weighted by Gasteiger charge is -2.18. The van der Waals surface area contributed by atoms with Crippen LogP contribution in [0.15, 0.2) is 60.8 Å². The maximum absolute atomic E-state index is 12.9. The highest BCUT2D eigenvalue weighted by molar-refractivity contribution is 5.71. The van der Waals surface area contributed by atoms with E-state index in [1.165, 1.54) is 180 Å². The van der Waals surface area contributed by atoms with Crippen LogP contribution in [0.5, 0.6) is 0 Å². The maximum atomic E-state index is 12.9. The van der Waals surface area contributed by atoms with Gasteiger partial charge in [-0.15, -0.1) is 0 Å². The first kappa shape index (κ1) is 66.1. The molecule has 0 aliphatic carbocycles. The van der Waals surface area contributed by atoms with Crippen molar-refractivity contribution in [1.82, 2.24) is 0 Å². The summed E-state index contributed by atoms with van der Waals surface area (Å²) in [7, 11) is 0. The third-order valence-corrected chi connectivity index (χ3v) is 13.0. The van der Waals surface area contributed by atoms with Gasteiger partial charge in [0, 0.05) is 19.3 Å². The number of esters is 3. The summed E-state index contributed by atoms with van der Waals surface area (Å²) >= 11 is 0. The van der Waals surface area contributed by atoms with Gasteiger partial charge in [0.1, 0.15) is 13.2 Å². The molecule has 0 fully saturated rings. The van der Waals surface area contributed by atoms with Crippen LogP contribution in [0, 0.1) is 0 Å². The van der Waals surface area contributed by atoms with Crippen LogP contribution < -0.4 is 0 Å². The number of hydrogen-bond donors (Lipinski definition) is 0. The molecule has 0 bridgehead atoms. The van der Waals surface area contributed by atoms with Gasteiger partial charge in [-0.3, -0.25) is 14.4 Å². The topological polar surface area (TPSA) is 78.9 Å². The number of carbonyl (C=O) groups is 3. The van der Waals surface area contributed by atoms with Crippen molar-refractivity contribution in [1.29, 1.82) is 0 Å². The zero-order valence-electron chi connectivity index (χ0n) is 45.8. The number of allylic oxidation sites excluding steroid dienone is 10. The van der Waals surface area contributed by atoms with Crippen LogP contribution in [0.25, 0.3) is 0 Å². The molecule has 0 heterocycles. The monoisotopic (exact) mass is 965 g/mol. The van der Waals surface area contributed by atoms with Crippen LogP contribution in [0.4, 0.5) is 0 Å². The van der Waals surface area contributed by atoms with Gasteiger partial charge in [0.05, 0.1) is 0 Å². The highest BCUT2D eigenvalue weighted by Crippen LogP contribution is 2.16. The van der Waals surface area contributed by atoms with Crippen molar-refractivity contribution < 1.29 is 28.6 Å². The summed E-state index contributed by atoms with van der Waals surface area (Å²) in [6.07, 6.45) is 72.1. The van der Waals surface area contributed by atoms with Gasteiger partial charge in [-0.2, -0.15) is 0 Å². The SMILES string of the molecule is CCCCC/C=C\C/C=C\C/C=C\C/C=C\CCCCCC(=O)OC[C@H](COC(=O)CCCCCCCCC/C=C\CCCCCC)OC(=O)CCCCCCCCCCCCCCCCCCC. The van der Waals surface area contributed by atoms with E-state index < -0.39 is 6.10 Å². The van der Waals surface area contributed by atoms with E-state index in [1.807, 2.05) is 0 Å². The predicted octanol–water partition coefficient (Wildman–Crippen LogP) is 20.0. The molecule has 0 aromatic carbocycles. The molecule has 0 radical (unpaired) electrons. The van der Waals surface area contributed by atoms with Crippen LogP contribution in [0.1, 0.15) is 303 Å². The summed E-state index contributed by atoms with van der Waals surface area (Å²) < 4.78 is 16.9. The van der Waals surface area contributed by atoms with Crippen molar-refractivity contribution in [3.8, 4) is 0 Å². The first-order chi connectivity index (χ1) is 34.0. The minimum absolute atomic E-state index is 0.0842. The standard InChI is InChI=1S/C63H112O6/c1-4-7-10-13-16-19-22-25-28-30-31-33-35-38-41-44-47-50-53-56-62(65)68-59-60(58-67-61(64)55-52-49-46-43-40-37-34-27-24-21-18-15-12-9-6-3)69-63(66)57-54-51-48-45-42-39-36-32-29-26-23-20-17-14-11-8-5-2/h16,19,21,24-25,28,31,33,38,41,60H,4-15,17-18,20,22-23,26-27,29-30,32,34-37,39-40,42-59H2,1-3H3/b19-16-,24-21-,28-25-,33-31-,41-38-/t60-/m0/s1. The average Bonchev–Trinajstić information content (AvgIpc) is 3.35. The van der Waals surface area contributed by atoms with Crippen molar-refractivity contribution in [3.05, 3.63) is 60.8 Å². The van der Waals surface area contributed by atoms with E-state index in [9.17, 15) is 14.4 Å². The number of rotatable bonds is 54. The van der Waals surface area contributed by atoms with Gasteiger partial charge in [-0.1, -0.05) is 255 Å². The Morgan fingerprint density at radius 1 is 0.290 bits per heavy atom. The summed E-state index contributed by atoms with van der Waals surface area (Å²) in [5.41, 5.74) is 0. The molecule has 0 unspecified atom stereocenters. The number of ether oxygens (including phenoxy) is 3. The fourth-order valence-electron chi connectivity index (χ4n) is 8.48. The van der Waals surface area contributed by atoms with Gasteiger partial charge < -0.3 is 14.2 Å². The van der Waals surface area contributed by atoms with Crippen LogP contribution in [-0.4, -0.2) is 37.2 Å². The van der Waals surface area contributed by atoms with Crippen molar-refractivity contribution >= 4 is 17.9 Å². The Morgan fingerprint density at radius 3 is 0.884 bits per heavy atom. The summed E-state index contributed by atoms with van der Waals surface area (Å²) in [5.74, 6) is -0.905. The number of unbranched alkanes of at least 4 members (excludes halogenated alkanes) is 33. The van der Waals surface area contributed by atoms with Gasteiger partial charge in [-0.25, -0.2) is 0 Å². The third-order valence-electron chi connectivity index (χ3n) is 13.0. The largest absolute Gasteiger partial charge is 0.462 e. The quantitative estimate of drug-likeness (QED) is 0.0262. The van der Waals surface area contributed by atoms with E-state index in [0.717, 1.165) is 83.5 Å². The lowest BCUT2D eigenvalue weighted by atomic mass is 10.0. The van der Waals surface area contributed by atoms with E-state index in [-0.39, 0.29) is 31.1 Å². The molecule has 0 rings (SSSR count). The predicted molar refractivity (Wildman–Crippen MR) is 298 cm³/mol. The van der Waals surface area contributed by atoms with Gasteiger partial charge in [0.25, 0.3) is 0 Å². The Morgan fingerprint density at radius 2 is 0.522 bits per heavy atom. The lowest BCUT2D eigenvalue weighted by Crippen LogP contribution is -2.30. The van der Waals surface area contributed by atoms with Crippen LogP contribution in [0.3, 0.4) is 0 Å². The summed E-state index contributed by atoms with van der Waals surface area (Å²) in [6, 6.07) is 0. The third kappa shape index (κ3) is 55.9. The fraction of sp³-hybridized carbons (Fsp3) is 0.794. The van der Waals surface area contributed by atoms with E-state index in [0.29, 0.717) is 19.3 Å². The molecular formula is C63H112O6. The lowest BCUT2D eigenvalue weighted by molar-refractivity contribution is -0.167. The summed E-state index contributed by atoms with van der Waals surface area (Å²) in [6.45, 7) is 6.60. The molecule has 0 spiro atoms. The summed E-state index contributed by atoms with van der Waals surface area (Å²) in [4.78, 5) is 38.2. The molecule has 6 heteroatoms. The number of carbonyl (C=O) groups excluding carboxylic acids is 3. The molecule has 0 saturated carbocycles. The highest BCUT2D eigenvalue weighted by atomic mass is 16.6. The minimum atomic E-state index is -0.787.